The Hall–Kier alpha value is -0.736. The number of nitrogens with one attached hydrogen (secondary N) is 1. The zero-order valence-electron chi connectivity index (χ0n) is 11.5. The van der Waals surface area contributed by atoms with Gasteiger partial charge in [-0.15, -0.1) is 6.42 Å². The van der Waals surface area contributed by atoms with Crippen LogP contribution in [0.5, 0.6) is 0 Å². The van der Waals surface area contributed by atoms with Crippen LogP contribution in [0.25, 0.3) is 0 Å². The number of carbonyl (C=O) groups is 2. The molecule has 0 saturated heterocycles. The van der Waals surface area contributed by atoms with Crippen molar-refractivity contribution >= 4 is 12.4 Å². The number of carbonyl (C=O) groups excluding carboxylic acids is 2. The second kappa shape index (κ2) is 8.44. The van der Waals surface area contributed by atoms with Crippen LogP contribution in [0.2, 0.25) is 0 Å². The Labute approximate surface area is 139 Å². The van der Waals surface area contributed by atoms with E-state index >= 15 is 0 Å². The first-order valence-electron chi connectivity index (χ1n) is 5.76. The van der Waals surface area contributed by atoms with Crippen LogP contribution >= 0.6 is 0 Å². The molecule has 4 nitrogen and oxygen atoms in total. The zero-order valence-corrected chi connectivity index (χ0v) is 14.3. The van der Waals surface area contributed by atoms with Crippen molar-refractivity contribution in [3.63, 3.8) is 0 Å². The monoisotopic (exact) mass is 337 g/mol. The third-order valence-corrected chi connectivity index (χ3v) is 2.07. The Kier molecular flexibility index (Phi) is 8.11. The molecule has 0 aromatic heterocycles. The first-order chi connectivity index (χ1) is 8.40. The van der Waals surface area contributed by atoms with Crippen molar-refractivity contribution < 1.29 is 47.0 Å². The molecule has 0 fully saturated rings. The van der Waals surface area contributed by atoms with E-state index < -0.39 is 11.7 Å². The molecule has 0 bridgehead atoms. The molecule has 1 rings (SSSR count). The van der Waals surface area contributed by atoms with E-state index in [1.54, 1.807) is 18.7 Å². The quantitative estimate of drug-likeness (QED) is 0.679. The van der Waals surface area contributed by atoms with E-state index in [0.29, 0.717) is 12.0 Å². The SMILES string of the molecule is CC(C)(C)OC(=O)N[CH-]Cc1ccc(C=O)cc1.[Y]. The molecule has 1 N–H and O–H groups in total. The third kappa shape index (κ3) is 8.11. The number of amides is 1. The van der Waals surface area contributed by atoms with Crippen molar-refractivity contribution in [3.8, 4) is 0 Å². The minimum absolute atomic E-state index is 0. The van der Waals surface area contributed by atoms with Crippen molar-refractivity contribution in [1.82, 2.24) is 5.32 Å². The van der Waals surface area contributed by atoms with Gasteiger partial charge >= 0.3 is 6.09 Å². The van der Waals surface area contributed by atoms with Crippen LogP contribution in [-0.4, -0.2) is 18.0 Å². The van der Waals surface area contributed by atoms with E-state index in [1.807, 2.05) is 32.9 Å². The molecule has 0 unspecified atom stereocenters. The van der Waals surface area contributed by atoms with Crippen LogP contribution in [-0.2, 0) is 43.9 Å². The fourth-order valence-corrected chi connectivity index (χ4v) is 1.29. The minimum atomic E-state index is -0.496. The molecule has 5 heteroatoms. The molecule has 1 radical (unpaired) electrons. The van der Waals surface area contributed by atoms with Gasteiger partial charge in [0.1, 0.15) is 11.9 Å². The average Bonchev–Trinajstić information content (AvgIpc) is 2.27. The first-order valence-corrected chi connectivity index (χ1v) is 5.76. The number of alkyl carbamates (subject to hydrolysis) is 1. The van der Waals surface area contributed by atoms with Crippen molar-refractivity contribution in [2.45, 2.75) is 32.8 Å². The summed E-state index contributed by atoms with van der Waals surface area (Å²) in [7, 11) is 0. The fraction of sp³-hybridized carbons (Fsp3) is 0.357. The predicted octanol–water partition coefficient (Wildman–Crippen LogP) is 2.73. The van der Waals surface area contributed by atoms with E-state index in [1.165, 1.54) is 0 Å². The van der Waals surface area contributed by atoms with Crippen molar-refractivity contribution in [2.75, 3.05) is 0 Å². The molecule has 0 atom stereocenters. The predicted molar refractivity (Wildman–Crippen MR) is 69.2 cm³/mol. The maximum Gasteiger partial charge on any atom is 0.378 e. The Balaban J connectivity index is 0.00000324. The third-order valence-electron chi connectivity index (χ3n) is 2.07. The summed E-state index contributed by atoms with van der Waals surface area (Å²) < 4.78 is 5.08. The van der Waals surface area contributed by atoms with Crippen LogP contribution in [0.4, 0.5) is 4.79 Å². The van der Waals surface area contributed by atoms with Gasteiger partial charge in [0.2, 0.25) is 0 Å². The van der Waals surface area contributed by atoms with Gasteiger partial charge in [0.15, 0.2) is 0 Å². The summed E-state index contributed by atoms with van der Waals surface area (Å²) >= 11 is 0. The van der Waals surface area contributed by atoms with E-state index in [4.69, 9.17) is 4.74 Å². The Bertz CT molecular complexity index is 410. The van der Waals surface area contributed by atoms with E-state index in [-0.39, 0.29) is 32.7 Å². The second-order valence-electron chi connectivity index (χ2n) is 4.91. The smallest absolute Gasteiger partial charge is 0.378 e. The van der Waals surface area contributed by atoms with Gasteiger partial charge in [-0.2, -0.15) is 0 Å². The molecule has 0 heterocycles. The summed E-state index contributed by atoms with van der Waals surface area (Å²) in [6, 6.07) is 7.17. The van der Waals surface area contributed by atoms with E-state index in [0.717, 1.165) is 11.8 Å². The number of aldehydes is 1. The van der Waals surface area contributed by atoms with Gasteiger partial charge in [-0.3, -0.25) is 4.79 Å². The van der Waals surface area contributed by atoms with Crippen LogP contribution in [0.3, 0.4) is 0 Å². The van der Waals surface area contributed by atoms with Crippen LogP contribution in [0.1, 0.15) is 36.7 Å². The number of hydrogen-bond acceptors (Lipinski definition) is 3. The molecule has 0 aliphatic heterocycles. The minimum Gasteiger partial charge on any atom is -0.470 e. The van der Waals surface area contributed by atoms with Gasteiger partial charge in [0.05, 0.1) is 0 Å². The number of rotatable bonds is 4. The van der Waals surface area contributed by atoms with Gasteiger partial charge in [0, 0.05) is 38.3 Å². The zero-order chi connectivity index (χ0) is 13.6. The summed E-state index contributed by atoms with van der Waals surface area (Å²) in [6.45, 7) is 7.06. The largest absolute Gasteiger partial charge is 0.470 e. The van der Waals surface area contributed by atoms with Crippen LogP contribution in [0.15, 0.2) is 24.3 Å². The summed E-state index contributed by atoms with van der Waals surface area (Å²) in [5.74, 6) is 0. The number of ether oxygens (including phenoxy) is 1. The Morgan fingerprint density at radius 3 is 2.37 bits per heavy atom. The average molecular weight is 337 g/mol. The topological polar surface area (TPSA) is 55.4 Å². The number of benzene rings is 1. The van der Waals surface area contributed by atoms with E-state index in [2.05, 4.69) is 5.32 Å². The molecule has 1 amide bonds. The molecule has 1 aromatic rings. The molecule has 1 aromatic carbocycles. The van der Waals surface area contributed by atoms with Gasteiger partial charge in [-0.1, -0.05) is 29.8 Å². The van der Waals surface area contributed by atoms with Gasteiger partial charge in [0.25, 0.3) is 0 Å². The van der Waals surface area contributed by atoms with Gasteiger partial charge in [-0.05, 0) is 20.8 Å². The van der Waals surface area contributed by atoms with Gasteiger partial charge in [-0.25, -0.2) is 11.3 Å². The molecular weight excluding hydrogens is 319 g/mol. The Morgan fingerprint density at radius 1 is 1.32 bits per heavy atom. The molecular formula is C14H18NO3Y-. The number of hydrogen-bond donors (Lipinski definition) is 1. The molecule has 0 spiro atoms. The molecule has 0 aliphatic rings. The van der Waals surface area contributed by atoms with Crippen LogP contribution in [0, 0.1) is 6.54 Å². The summed E-state index contributed by atoms with van der Waals surface area (Å²) in [4.78, 5) is 21.8. The van der Waals surface area contributed by atoms with Gasteiger partial charge < -0.3 is 10.1 Å². The van der Waals surface area contributed by atoms with E-state index in [9.17, 15) is 9.59 Å². The summed E-state index contributed by atoms with van der Waals surface area (Å²) in [6.07, 6.45) is 0.914. The maximum absolute atomic E-state index is 11.3. The fourth-order valence-electron chi connectivity index (χ4n) is 1.29. The van der Waals surface area contributed by atoms with Crippen molar-refractivity contribution in [2.24, 2.45) is 0 Å². The maximum atomic E-state index is 11.3. The summed E-state index contributed by atoms with van der Waals surface area (Å²) in [5, 5.41) is 2.56. The molecule has 101 valence electrons. The first kappa shape index (κ1) is 18.3. The standard InChI is InChI=1S/C14H18NO3.Y/c1-14(2,3)18-13(17)15-9-8-11-4-6-12(10-16)7-5-11;/h4-7,9-10H,8H2,1-3H3,(H,15,17);/q-1;. The molecule has 0 saturated carbocycles. The summed E-state index contributed by atoms with van der Waals surface area (Å²) in [5.41, 5.74) is 1.15. The molecule has 19 heavy (non-hydrogen) atoms. The second-order valence-corrected chi connectivity index (χ2v) is 4.91. The van der Waals surface area contributed by atoms with Crippen molar-refractivity contribution in [1.29, 1.82) is 0 Å². The normalized spacial score (nSPS) is 10.3. The molecule has 0 aliphatic carbocycles. The Morgan fingerprint density at radius 2 is 1.89 bits per heavy atom. The van der Waals surface area contributed by atoms with Crippen molar-refractivity contribution in [3.05, 3.63) is 41.9 Å². The van der Waals surface area contributed by atoms with Crippen LogP contribution < -0.4 is 5.32 Å².